The first-order valence-electron chi connectivity index (χ1n) is 11.0. The van der Waals surface area contributed by atoms with Crippen molar-refractivity contribution >= 4 is 21.8 Å². The topological polar surface area (TPSA) is 95.6 Å². The van der Waals surface area contributed by atoms with Crippen LogP contribution in [0, 0.1) is 17.7 Å². The normalized spacial score (nSPS) is 21.7. The molecule has 1 aliphatic heterocycles. The van der Waals surface area contributed by atoms with E-state index in [0.29, 0.717) is 19.4 Å². The van der Waals surface area contributed by atoms with Gasteiger partial charge in [-0.1, -0.05) is 26.7 Å². The molecule has 1 saturated carbocycles. The van der Waals surface area contributed by atoms with Crippen molar-refractivity contribution in [3.63, 3.8) is 0 Å². The molecule has 1 saturated heterocycles. The fraction of sp³-hybridized carbons (Fsp3) is 0.636. The van der Waals surface area contributed by atoms with Crippen LogP contribution in [0.1, 0.15) is 52.4 Å². The minimum absolute atomic E-state index is 0.00552. The Hall–Kier alpha value is -2.00. The smallest absolute Gasteiger partial charge is 0.243 e. The van der Waals surface area contributed by atoms with Gasteiger partial charge >= 0.3 is 0 Å². The van der Waals surface area contributed by atoms with Gasteiger partial charge in [-0.2, -0.15) is 4.31 Å². The lowest BCUT2D eigenvalue weighted by Gasteiger charge is -2.32. The number of rotatable bonds is 7. The van der Waals surface area contributed by atoms with E-state index in [0.717, 1.165) is 37.8 Å². The molecule has 7 nitrogen and oxygen atoms in total. The van der Waals surface area contributed by atoms with Crippen molar-refractivity contribution in [1.82, 2.24) is 14.9 Å². The number of benzene rings is 1. The molecule has 2 fully saturated rings. The van der Waals surface area contributed by atoms with Gasteiger partial charge in [-0.3, -0.25) is 9.59 Å². The molecule has 2 atom stereocenters. The average molecular weight is 454 g/mol. The van der Waals surface area contributed by atoms with Crippen molar-refractivity contribution in [2.45, 2.75) is 69.4 Å². The number of carbonyl (C=O) groups is 2. The van der Waals surface area contributed by atoms with Crippen molar-refractivity contribution in [2.24, 2.45) is 11.8 Å². The van der Waals surface area contributed by atoms with Gasteiger partial charge in [0, 0.05) is 19.1 Å². The third-order valence-corrected chi connectivity index (χ3v) is 8.03. The summed E-state index contributed by atoms with van der Waals surface area (Å²) < 4.78 is 40.3. The van der Waals surface area contributed by atoms with E-state index in [-0.39, 0.29) is 35.2 Å². The number of halogens is 1. The monoisotopic (exact) mass is 453 g/mol. The number of piperidine rings is 1. The molecule has 1 aromatic carbocycles. The summed E-state index contributed by atoms with van der Waals surface area (Å²) >= 11 is 0. The van der Waals surface area contributed by atoms with Crippen LogP contribution in [0.15, 0.2) is 29.2 Å². The van der Waals surface area contributed by atoms with E-state index in [1.54, 1.807) is 0 Å². The number of hydrogen-bond acceptors (Lipinski definition) is 4. The molecule has 31 heavy (non-hydrogen) atoms. The Morgan fingerprint density at radius 3 is 2.32 bits per heavy atom. The van der Waals surface area contributed by atoms with Crippen LogP contribution in [0.2, 0.25) is 0 Å². The van der Waals surface area contributed by atoms with Gasteiger partial charge in [0.1, 0.15) is 11.9 Å². The minimum Gasteiger partial charge on any atom is -0.352 e. The molecule has 9 heteroatoms. The molecule has 1 aliphatic carbocycles. The summed E-state index contributed by atoms with van der Waals surface area (Å²) in [6, 6.07) is 4.19. The van der Waals surface area contributed by atoms with E-state index < -0.39 is 27.8 Å². The lowest BCUT2D eigenvalue weighted by molar-refractivity contribution is -0.133. The van der Waals surface area contributed by atoms with Crippen LogP contribution in [0.4, 0.5) is 4.39 Å². The van der Waals surface area contributed by atoms with E-state index in [2.05, 4.69) is 10.6 Å². The van der Waals surface area contributed by atoms with Crippen LogP contribution in [0.25, 0.3) is 0 Å². The summed E-state index contributed by atoms with van der Waals surface area (Å²) in [6.07, 6.45) is 5.22. The standard InChI is InChI=1S/C22H32FN3O4S/c1-15(2)20(22(28)24-18-7-3-4-8-18)25-21(27)16-6-5-13-26(14-16)31(29,30)19-11-9-17(23)10-12-19/h9-12,15-16,18,20H,3-8,13-14H2,1-2H3,(H,24,28)(H,25,27)/t16-,20+/m1/s1. The Kier molecular flexibility index (Phi) is 7.69. The highest BCUT2D eigenvalue weighted by Crippen LogP contribution is 2.24. The summed E-state index contributed by atoms with van der Waals surface area (Å²) in [4.78, 5) is 25.7. The average Bonchev–Trinajstić information content (AvgIpc) is 3.25. The van der Waals surface area contributed by atoms with Crippen molar-refractivity contribution in [3.8, 4) is 0 Å². The van der Waals surface area contributed by atoms with Gasteiger partial charge in [0.2, 0.25) is 21.8 Å². The zero-order valence-electron chi connectivity index (χ0n) is 18.1. The van der Waals surface area contributed by atoms with Crippen LogP contribution in [0.3, 0.4) is 0 Å². The number of sulfonamides is 1. The maximum absolute atomic E-state index is 13.2. The van der Waals surface area contributed by atoms with Gasteiger partial charge in [0.05, 0.1) is 10.8 Å². The number of carbonyl (C=O) groups excluding carboxylic acids is 2. The first-order chi connectivity index (χ1) is 14.7. The second-order valence-corrected chi connectivity index (χ2v) is 10.8. The number of amides is 2. The Labute approximate surface area is 183 Å². The van der Waals surface area contributed by atoms with Gasteiger partial charge in [0.25, 0.3) is 0 Å². The van der Waals surface area contributed by atoms with Crippen molar-refractivity contribution in [2.75, 3.05) is 13.1 Å². The SMILES string of the molecule is CC(C)[C@H](NC(=O)[C@@H]1CCCN(S(=O)(=O)c2ccc(F)cc2)C1)C(=O)NC1CCCC1. The molecule has 0 bridgehead atoms. The second kappa shape index (κ2) is 10.1. The lowest BCUT2D eigenvalue weighted by Crippen LogP contribution is -2.54. The molecule has 0 spiro atoms. The number of hydrogen-bond donors (Lipinski definition) is 2. The maximum atomic E-state index is 13.2. The predicted molar refractivity (Wildman–Crippen MR) is 115 cm³/mol. The van der Waals surface area contributed by atoms with Gasteiger partial charge in [-0.05, 0) is 55.9 Å². The van der Waals surface area contributed by atoms with Crippen LogP contribution < -0.4 is 10.6 Å². The van der Waals surface area contributed by atoms with Gasteiger partial charge < -0.3 is 10.6 Å². The predicted octanol–water partition coefficient (Wildman–Crippen LogP) is 2.43. The van der Waals surface area contributed by atoms with Gasteiger partial charge in [-0.25, -0.2) is 12.8 Å². The molecule has 0 aromatic heterocycles. The molecule has 172 valence electrons. The number of nitrogens with zero attached hydrogens (tertiary/aromatic N) is 1. The Balaban J connectivity index is 1.64. The molecule has 2 aliphatic rings. The van der Waals surface area contributed by atoms with Crippen LogP contribution in [-0.2, 0) is 19.6 Å². The molecule has 2 N–H and O–H groups in total. The Bertz CT molecular complexity index is 883. The third kappa shape index (κ3) is 5.83. The summed E-state index contributed by atoms with van der Waals surface area (Å²) in [5.41, 5.74) is 0. The molecular formula is C22H32FN3O4S. The highest BCUT2D eigenvalue weighted by molar-refractivity contribution is 7.89. The Morgan fingerprint density at radius 2 is 1.71 bits per heavy atom. The van der Waals surface area contributed by atoms with E-state index in [1.807, 2.05) is 13.8 Å². The summed E-state index contributed by atoms with van der Waals surface area (Å²) in [7, 11) is -3.81. The largest absolute Gasteiger partial charge is 0.352 e. The molecule has 3 rings (SSSR count). The minimum atomic E-state index is -3.81. The quantitative estimate of drug-likeness (QED) is 0.663. The van der Waals surface area contributed by atoms with Gasteiger partial charge in [-0.15, -0.1) is 0 Å². The zero-order valence-corrected chi connectivity index (χ0v) is 19.0. The van der Waals surface area contributed by atoms with Crippen LogP contribution in [-0.4, -0.2) is 49.7 Å². The van der Waals surface area contributed by atoms with Crippen LogP contribution >= 0.6 is 0 Å². The first-order valence-corrected chi connectivity index (χ1v) is 12.5. The second-order valence-electron chi connectivity index (χ2n) is 8.88. The molecular weight excluding hydrogens is 421 g/mol. The molecule has 1 heterocycles. The maximum Gasteiger partial charge on any atom is 0.243 e. The molecule has 0 radical (unpaired) electrons. The fourth-order valence-corrected chi connectivity index (χ4v) is 5.82. The highest BCUT2D eigenvalue weighted by Gasteiger charge is 2.35. The van der Waals surface area contributed by atoms with Gasteiger partial charge in [0.15, 0.2) is 0 Å². The van der Waals surface area contributed by atoms with Crippen molar-refractivity contribution in [3.05, 3.63) is 30.1 Å². The molecule has 2 amide bonds. The van der Waals surface area contributed by atoms with E-state index in [4.69, 9.17) is 0 Å². The fourth-order valence-electron chi connectivity index (χ4n) is 4.30. The van der Waals surface area contributed by atoms with E-state index in [9.17, 15) is 22.4 Å². The van der Waals surface area contributed by atoms with E-state index in [1.165, 1.54) is 16.4 Å². The zero-order chi connectivity index (χ0) is 22.6. The molecule has 1 aromatic rings. The van der Waals surface area contributed by atoms with Crippen LogP contribution in [0.5, 0.6) is 0 Å². The summed E-state index contributed by atoms with van der Waals surface area (Å²) in [6.45, 7) is 4.11. The molecule has 0 unspecified atom stereocenters. The first kappa shape index (κ1) is 23.7. The van der Waals surface area contributed by atoms with Crippen molar-refractivity contribution < 1.29 is 22.4 Å². The van der Waals surface area contributed by atoms with E-state index >= 15 is 0 Å². The summed E-state index contributed by atoms with van der Waals surface area (Å²) in [5, 5.41) is 5.89. The summed E-state index contributed by atoms with van der Waals surface area (Å²) in [5.74, 6) is -1.62. The number of nitrogens with one attached hydrogen (secondary N) is 2. The van der Waals surface area contributed by atoms with Crippen molar-refractivity contribution in [1.29, 1.82) is 0 Å². The lowest BCUT2D eigenvalue weighted by atomic mass is 9.96. The third-order valence-electron chi connectivity index (χ3n) is 6.15. The Morgan fingerprint density at radius 1 is 1.06 bits per heavy atom. The highest BCUT2D eigenvalue weighted by atomic mass is 32.2.